The van der Waals surface area contributed by atoms with Crippen molar-refractivity contribution in [1.82, 2.24) is 10.3 Å². The first-order chi connectivity index (χ1) is 11.5. The number of halogens is 1. The van der Waals surface area contributed by atoms with Crippen LogP contribution in [-0.4, -0.2) is 41.6 Å². The van der Waals surface area contributed by atoms with Crippen molar-refractivity contribution in [2.24, 2.45) is 21.2 Å². The number of carbonyl (C=O) groups is 2. The third-order valence-corrected chi connectivity index (χ3v) is 4.55. The first-order valence-corrected chi connectivity index (χ1v) is 8.21. The van der Waals surface area contributed by atoms with Gasteiger partial charge in [0.15, 0.2) is 6.04 Å². The molecule has 1 N–H and O–H groups in total. The first-order valence-electron chi connectivity index (χ1n) is 7.84. The van der Waals surface area contributed by atoms with Crippen LogP contribution < -0.4 is 5.43 Å². The van der Waals surface area contributed by atoms with Crippen molar-refractivity contribution in [3.05, 3.63) is 29.3 Å². The molecule has 0 bridgehead atoms. The number of piperidine rings is 1. The van der Waals surface area contributed by atoms with Gasteiger partial charge in [-0.15, -0.1) is 0 Å². The third-order valence-electron chi connectivity index (χ3n) is 4.30. The molecular formula is C16H18ClN5O2. The second kappa shape index (κ2) is 7.09. The molecule has 0 spiro atoms. The van der Waals surface area contributed by atoms with Gasteiger partial charge in [-0.2, -0.15) is 15.3 Å². The summed E-state index contributed by atoms with van der Waals surface area (Å²) in [6.45, 7) is 2.92. The molecule has 1 aromatic carbocycles. The Kier molecular flexibility index (Phi) is 4.89. The summed E-state index contributed by atoms with van der Waals surface area (Å²) in [6.07, 6.45) is 1.56. The zero-order chi connectivity index (χ0) is 17.1. The average molecular weight is 348 g/mol. The van der Waals surface area contributed by atoms with Crippen LogP contribution >= 0.6 is 11.6 Å². The highest BCUT2D eigenvalue weighted by Crippen LogP contribution is 2.25. The number of nitrogens with zero attached hydrogens (tertiary/aromatic N) is 4. The van der Waals surface area contributed by atoms with Crippen molar-refractivity contribution in [2.75, 3.05) is 13.1 Å². The molecular weight excluding hydrogens is 330 g/mol. The van der Waals surface area contributed by atoms with E-state index in [4.69, 9.17) is 11.6 Å². The SMILES string of the molecule is CC(=O)N1CCC(C2=NNC(=O)[C@H]2N=Nc2ccc(Cl)cc2)CC1. The summed E-state index contributed by atoms with van der Waals surface area (Å²) in [5.41, 5.74) is 3.83. The minimum atomic E-state index is -0.699. The monoisotopic (exact) mass is 347 g/mol. The molecule has 2 aliphatic heterocycles. The highest BCUT2D eigenvalue weighted by atomic mass is 35.5. The van der Waals surface area contributed by atoms with Gasteiger partial charge in [0.2, 0.25) is 5.91 Å². The van der Waals surface area contributed by atoms with Crippen LogP contribution in [0.5, 0.6) is 0 Å². The first kappa shape index (κ1) is 16.6. The normalized spacial score (nSPS) is 21.9. The second-order valence-corrected chi connectivity index (χ2v) is 6.32. The molecule has 2 amide bonds. The van der Waals surface area contributed by atoms with Crippen LogP contribution in [0.1, 0.15) is 19.8 Å². The Morgan fingerprint density at radius 1 is 1.29 bits per heavy atom. The molecule has 24 heavy (non-hydrogen) atoms. The zero-order valence-corrected chi connectivity index (χ0v) is 14.0. The van der Waals surface area contributed by atoms with E-state index in [0.717, 1.165) is 12.8 Å². The molecule has 0 aliphatic carbocycles. The van der Waals surface area contributed by atoms with E-state index in [0.29, 0.717) is 29.5 Å². The molecule has 8 heteroatoms. The molecule has 0 radical (unpaired) electrons. The molecule has 3 rings (SSSR count). The van der Waals surface area contributed by atoms with Crippen LogP contribution in [0.3, 0.4) is 0 Å². The minimum absolute atomic E-state index is 0.0787. The van der Waals surface area contributed by atoms with Crippen LogP contribution in [0, 0.1) is 5.92 Å². The van der Waals surface area contributed by atoms with Crippen molar-refractivity contribution >= 4 is 34.8 Å². The number of rotatable bonds is 3. The molecule has 0 aromatic heterocycles. The number of likely N-dealkylation sites (tertiary alicyclic amines) is 1. The molecule has 2 heterocycles. The third kappa shape index (κ3) is 3.62. The maximum atomic E-state index is 12.0. The van der Waals surface area contributed by atoms with Gasteiger partial charge < -0.3 is 4.90 Å². The van der Waals surface area contributed by atoms with Gasteiger partial charge in [-0.3, -0.25) is 9.59 Å². The maximum absolute atomic E-state index is 12.0. The van der Waals surface area contributed by atoms with E-state index in [9.17, 15) is 9.59 Å². The number of nitrogens with one attached hydrogen (secondary N) is 1. The van der Waals surface area contributed by atoms with Crippen molar-refractivity contribution in [3.8, 4) is 0 Å². The summed E-state index contributed by atoms with van der Waals surface area (Å²) in [5.74, 6) is -0.0552. The van der Waals surface area contributed by atoms with E-state index in [2.05, 4.69) is 20.8 Å². The molecule has 0 unspecified atom stereocenters. The van der Waals surface area contributed by atoms with Gasteiger partial charge in [0, 0.05) is 31.0 Å². The molecule has 1 fully saturated rings. The van der Waals surface area contributed by atoms with E-state index in [1.165, 1.54) is 0 Å². The van der Waals surface area contributed by atoms with Gasteiger partial charge in [0.1, 0.15) is 0 Å². The van der Waals surface area contributed by atoms with Gasteiger partial charge in [-0.05, 0) is 37.1 Å². The van der Waals surface area contributed by atoms with E-state index in [1.807, 2.05) is 4.90 Å². The summed E-state index contributed by atoms with van der Waals surface area (Å²) in [7, 11) is 0. The van der Waals surface area contributed by atoms with Crippen LogP contribution in [-0.2, 0) is 9.59 Å². The molecule has 1 aromatic rings. The standard InChI is InChI=1S/C16H18ClN5O2/c1-10(23)22-8-6-11(7-9-22)14-15(16(24)21-19-14)20-18-13-4-2-12(17)3-5-13/h2-5,11,15H,6-9H2,1H3,(H,21,24)/t15-/m0/s1. The lowest BCUT2D eigenvalue weighted by Crippen LogP contribution is -2.41. The number of hydrazone groups is 1. The number of hydrogen-bond acceptors (Lipinski definition) is 5. The van der Waals surface area contributed by atoms with Crippen LogP contribution in [0.4, 0.5) is 5.69 Å². The number of azo groups is 1. The predicted molar refractivity (Wildman–Crippen MR) is 90.3 cm³/mol. The Morgan fingerprint density at radius 2 is 1.96 bits per heavy atom. The van der Waals surface area contributed by atoms with E-state index in [-0.39, 0.29) is 17.7 Å². The van der Waals surface area contributed by atoms with Gasteiger partial charge in [0.05, 0.1) is 11.4 Å². The van der Waals surface area contributed by atoms with Crippen molar-refractivity contribution in [3.63, 3.8) is 0 Å². The number of amides is 2. The van der Waals surface area contributed by atoms with Gasteiger partial charge in [-0.1, -0.05) is 11.6 Å². The molecule has 0 saturated carbocycles. The highest BCUT2D eigenvalue weighted by molar-refractivity contribution is 6.30. The molecule has 1 saturated heterocycles. The molecule has 126 valence electrons. The summed E-state index contributed by atoms with van der Waals surface area (Å²) >= 11 is 5.84. The lowest BCUT2D eigenvalue weighted by molar-refractivity contribution is -0.130. The average Bonchev–Trinajstić information content (AvgIpc) is 2.95. The van der Waals surface area contributed by atoms with Gasteiger partial charge in [0.25, 0.3) is 5.91 Å². The fourth-order valence-electron chi connectivity index (χ4n) is 2.92. The second-order valence-electron chi connectivity index (χ2n) is 5.89. The maximum Gasteiger partial charge on any atom is 0.272 e. The van der Waals surface area contributed by atoms with Gasteiger partial charge in [-0.25, -0.2) is 5.43 Å². The lowest BCUT2D eigenvalue weighted by Gasteiger charge is -2.31. The summed E-state index contributed by atoms with van der Waals surface area (Å²) < 4.78 is 0. The summed E-state index contributed by atoms with van der Waals surface area (Å²) in [6, 6.07) is 6.21. The van der Waals surface area contributed by atoms with E-state index >= 15 is 0 Å². The Hall–Kier alpha value is -2.28. The van der Waals surface area contributed by atoms with Gasteiger partial charge >= 0.3 is 0 Å². The number of hydrogen-bond donors (Lipinski definition) is 1. The van der Waals surface area contributed by atoms with Crippen molar-refractivity contribution < 1.29 is 9.59 Å². The van der Waals surface area contributed by atoms with Crippen LogP contribution in [0.2, 0.25) is 5.02 Å². The Balaban J connectivity index is 1.68. The quantitative estimate of drug-likeness (QED) is 0.852. The number of benzene rings is 1. The molecule has 2 aliphatic rings. The van der Waals surface area contributed by atoms with Crippen molar-refractivity contribution in [2.45, 2.75) is 25.8 Å². The molecule has 7 nitrogen and oxygen atoms in total. The number of carbonyl (C=O) groups excluding carboxylic acids is 2. The topological polar surface area (TPSA) is 86.5 Å². The minimum Gasteiger partial charge on any atom is -0.343 e. The molecule has 1 atom stereocenters. The lowest BCUT2D eigenvalue weighted by atomic mass is 9.88. The Morgan fingerprint density at radius 3 is 2.58 bits per heavy atom. The smallest absolute Gasteiger partial charge is 0.272 e. The highest BCUT2D eigenvalue weighted by Gasteiger charge is 2.37. The summed E-state index contributed by atoms with van der Waals surface area (Å²) in [5, 5.41) is 13.1. The van der Waals surface area contributed by atoms with Crippen LogP contribution in [0.15, 0.2) is 39.6 Å². The van der Waals surface area contributed by atoms with E-state index < -0.39 is 6.04 Å². The zero-order valence-electron chi connectivity index (χ0n) is 13.3. The van der Waals surface area contributed by atoms with Crippen molar-refractivity contribution in [1.29, 1.82) is 0 Å². The predicted octanol–water partition coefficient (Wildman–Crippen LogP) is 2.54. The fourth-order valence-corrected chi connectivity index (χ4v) is 3.05. The fraction of sp³-hybridized carbons (Fsp3) is 0.438. The van der Waals surface area contributed by atoms with Crippen LogP contribution in [0.25, 0.3) is 0 Å². The Bertz CT molecular complexity index is 693. The largest absolute Gasteiger partial charge is 0.343 e. The summed E-state index contributed by atoms with van der Waals surface area (Å²) in [4.78, 5) is 25.2. The van der Waals surface area contributed by atoms with E-state index in [1.54, 1.807) is 31.2 Å². The Labute approximate surface area is 144 Å².